The van der Waals surface area contributed by atoms with E-state index in [2.05, 4.69) is 5.32 Å². The molecule has 0 spiro atoms. The topological polar surface area (TPSA) is 47.6 Å². The third kappa shape index (κ3) is 4.76. The van der Waals surface area contributed by atoms with Crippen molar-refractivity contribution in [3.8, 4) is 11.5 Å². The highest BCUT2D eigenvalue weighted by Crippen LogP contribution is 2.34. The highest BCUT2D eigenvalue weighted by Gasteiger charge is 2.33. The predicted molar refractivity (Wildman–Crippen MR) is 88.7 cm³/mol. The first kappa shape index (κ1) is 18.4. The number of ether oxygens (including phenoxy) is 2. The van der Waals surface area contributed by atoms with Gasteiger partial charge in [0.2, 0.25) is 5.91 Å². The fourth-order valence-electron chi connectivity index (χ4n) is 2.15. The number of methoxy groups -OCH3 is 2. The highest BCUT2D eigenvalue weighted by molar-refractivity contribution is 6.02. The van der Waals surface area contributed by atoms with Crippen molar-refractivity contribution in [3.05, 3.63) is 59.7 Å². The van der Waals surface area contributed by atoms with Crippen LogP contribution >= 0.6 is 0 Å². The highest BCUT2D eigenvalue weighted by atomic mass is 19.4. The van der Waals surface area contributed by atoms with Gasteiger partial charge in [0.15, 0.2) is 0 Å². The number of hydrogen-bond donors (Lipinski definition) is 1. The van der Waals surface area contributed by atoms with Crippen LogP contribution in [-0.2, 0) is 11.0 Å². The Kier molecular flexibility index (Phi) is 5.69. The number of alkyl halides is 3. The molecule has 0 atom stereocenters. The van der Waals surface area contributed by atoms with E-state index in [9.17, 15) is 18.0 Å². The van der Waals surface area contributed by atoms with Crippen molar-refractivity contribution in [2.75, 3.05) is 19.5 Å². The first-order valence-corrected chi connectivity index (χ1v) is 7.22. The molecule has 0 bridgehead atoms. The maximum Gasteiger partial charge on any atom is 0.418 e. The van der Waals surface area contributed by atoms with Gasteiger partial charge in [-0.05, 0) is 36.4 Å². The first-order valence-electron chi connectivity index (χ1n) is 7.22. The molecule has 2 rings (SSSR count). The molecule has 0 radical (unpaired) electrons. The molecule has 0 saturated heterocycles. The fraction of sp³-hybridized carbons (Fsp3) is 0.167. The second-order valence-corrected chi connectivity index (χ2v) is 4.97. The molecule has 1 N–H and O–H groups in total. The van der Waals surface area contributed by atoms with Crippen LogP contribution in [0.1, 0.15) is 11.1 Å². The van der Waals surface area contributed by atoms with Crippen LogP contribution in [0.3, 0.4) is 0 Å². The molecule has 25 heavy (non-hydrogen) atoms. The molecule has 2 aromatic carbocycles. The SMILES string of the molecule is COc1ccc(OC)c(/C=C/C(=O)Nc2ccccc2C(F)(F)F)c1. The van der Waals surface area contributed by atoms with Crippen LogP contribution in [0, 0.1) is 0 Å². The number of nitrogens with one attached hydrogen (secondary N) is 1. The van der Waals surface area contributed by atoms with Gasteiger partial charge in [0.25, 0.3) is 0 Å². The van der Waals surface area contributed by atoms with Crippen molar-refractivity contribution in [2.24, 2.45) is 0 Å². The predicted octanol–water partition coefficient (Wildman–Crippen LogP) is 4.37. The van der Waals surface area contributed by atoms with E-state index in [4.69, 9.17) is 9.47 Å². The number of hydrogen-bond acceptors (Lipinski definition) is 3. The zero-order valence-corrected chi connectivity index (χ0v) is 13.6. The van der Waals surface area contributed by atoms with Gasteiger partial charge in [-0.15, -0.1) is 0 Å². The fourth-order valence-corrected chi connectivity index (χ4v) is 2.15. The van der Waals surface area contributed by atoms with Crippen LogP contribution in [0.15, 0.2) is 48.5 Å². The van der Waals surface area contributed by atoms with Gasteiger partial charge in [-0.1, -0.05) is 12.1 Å². The monoisotopic (exact) mass is 351 g/mol. The molecule has 0 unspecified atom stereocenters. The summed E-state index contributed by atoms with van der Waals surface area (Å²) in [7, 11) is 2.97. The summed E-state index contributed by atoms with van der Waals surface area (Å²) in [6.07, 6.45) is -1.99. The molecule has 0 aromatic heterocycles. The summed E-state index contributed by atoms with van der Waals surface area (Å²) in [6.45, 7) is 0. The molecule has 0 fully saturated rings. The number of amides is 1. The number of rotatable bonds is 5. The Morgan fingerprint density at radius 3 is 2.44 bits per heavy atom. The number of para-hydroxylation sites is 1. The van der Waals surface area contributed by atoms with Crippen molar-refractivity contribution >= 4 is 17.7 Å². The quantitative estimate of drug-likeness (QED) is 0.814. The summed E-state index contributed by atoms with van der Waals surface area (Å²) >= 11 is 0. The number of carbonyl (C=O) groups excluding carboxylic acids is 1. The summed E-state index contributed by atoms with van der Waals surface area (Å²) in [4.78, 5) is 12.0. The van der Waals surface area contributed by atoms with E-state index in [0.717, 1.165) is 12.1 Å². The molecule has 1 amide bonds. The molecule has 4 nitrogen and oxygen atoms in total. The lowest BCUT2D eigenvalue weighted by Crippen LogP contribution is -2.14. The maximum absolute atomic E-state index is 12.9. The second kappa shape index (κ2) is 7.74. The standard InChI is InChI=1S/C18H16F3NO3/c1-24-13-8-9-16(25-2)12(11-13)7-10-17(23)22-15-6-4-3-5-14(15)18(19,20)21/h3-11H,1-2H3,(H,22,23)/b10-7+. The van der Waals surface area contributed by atoms with E-state index in [1.165, 1.54) is 38.5 Å². The van der Waals surface area contributed by atoms with Gasteiger partial charge in [0.05, 0.1) is 25.5 Å². The second-order valence-electron chi connectivity index (χ2n) is 4.97. The van der Waals surface area contributed by atoms with Crippen LogP contribution in [0.4, 0.5) is 18.9 Å². The maximum atomic E-state index is 12.9. The van der Waals surface area contributed by atoms with Crippen molar-refractivity contribution in [1.29, 1.82) is 0 Å². The molecule has 132 valence electrons. The van der Waals surface area contributed by atoms with Crippen LogP contribution < -0.4 is 14.8 Å². The Labute approximate surface area is 142 Å². The van der Waals surface area contributed by atoms with Crippen molar-refractivity contribution in [1.82, 2.24) is 0 Å². The smallest absolute Gasteiger partial charge is 0.418 e. The van der Waals surface area contributed by atoms with Gasteiger partial charge in [0.1, 0.15) is 11.5 Å². The van der Waals surface area contributed by atoms with Crippen LogP contribution in [0.25, 0.3) is 6.08 Å². The summed E-state index contributed by atoms with van der Waals surface area (Å²) in [5.41, 5.74) is -0.654. The van der Waals surface area contributed by atoms with Crippen LogP contribution in [0.5, 0.6) is 11.5 Å². The van der Waals surface area contributed by atoms with E-state index < -0.39 is 17.6 Å². The minimum Gasteiger partial charge on any atom is -0.497 e. The van der Waals surface area contributed by atoms with E-state index in [0.29, 0.717) is 17.1 Å². The minimum atomic E-state index is -4.55. The molecule has 7 heteroatoms. The summed E-state index contributed by atoms with van der Waals surface area (Å²) in [5, 5.41) is 2.24. The third-order valence-corrected chi connectivity index (χ3v) is 3.34. The molecule has 0 heterocycles. The number of benzene rings is 2. The third-order valence-electron chi connectivity index (χ3n) is 3.34. The first-order chi connectivity index (χ1) is 11.8. The van der Waals surface area contributed by atoms with Crippen molar-refractivity contribution in [2.45, 2.75) is 6.18 Å². The van der Waals surface area contributed by atoms with Crippen molar-refractivity contribution in [3.63, 3.8) is 0 Å². The Balaban J connectivity index is 2.20. The van der Waals surface area contributed by atoms with E-state index in [1.54, 1.807) is 18.2 Å². The Hall–Kier alpha value is -2.96. The van der Waals surface area contributed by atoms with Crippen molar-refractivity contribution < 1.29 is 27.4 Å². The number of halogens is 3. The van der Waals surface area contributed by atoms with Gasteiger partial charge in [0, 0.05) is 11.6 Å². The summed E-state index contributed by atoms with van der Waals surface area (Å²) < 4.78 is 49.1. The van der Waals surface area contributed by atoms with Crippen LogP contribution in [-0.4, -0.2) is 20.1 Å². The van der Waals surface area contributed by atoms with Gasteiger partial charge in [-0.3, -0.25) is 4.79 Å². The zero-order chi connectivity index (χ0) is 18.4. The van der Waals surface area contributed by atoms with Gasteiger partial charge in [-0.25, -0.2) is 0 Å². The lowest BCUT2D eigenvalue weighted by molar-refractivity contribution is -0.136. The Morgan fingerprint density at radius 2 is 1.80 bits per heavy atom. The molecular weight excluding hydrogens is 335 g/mol. The van der Waals surface area contributed by atoms with Gasteiger partial charge >= 0.3 is 6.18 Å². The lowest BCUT2D eigenvalue weighted by atomic mass is 10.1. The average molecular weight is 351 g/mol. The van der Waals surface area contributed by atoms with E-state index in [-0.39, 0.29) is 5.69 Å². The summed E-state index contributed by atoms with van der Waals surface area (Å²) in [5.74, 6) is 0.366. The molecule has 0 aliphatic carbocycles. The average Bonchev–Trinajstić information content (AvgIpc) is 2.59. The van der Waals surface area contributed by atoms with Gasteiger partial charge < -0.3 is 14.8 Å². The number of carbonyl (C=O) groups is 1. The molecule has 0 saturated carbocycles. The number of anilines is 1. The minimum absolute atomic E-state index is 0.303. The van der Waals surface area contributed by atoms with E-state index in [1.807, 2.05) is 0 Å². The van der Waals surface area contributed by atoms with Crippen LogP contribution in [0.2, 0.25) is 0 Å². The molecular formula is C18H16F3NO3. The zero-order valence-electron chi connectivity index (χ0n) is 13.6. The van der Waals surface area contributed by atoms with E-state index >= 15 is 0 Å². The molecule has 0 aliphatic heterocycles. The largest absolute Gasteiger partial charge is 0.497 e. The lowest BCUT2D eigenvalue weighted by Gasteiger charge is -2.12. The Morgan fingerprint density at radius 1 is 1.08 bits per heavy atom. The van der Waals surface area contributed by atoms with Gasteiger partial charge in [-0.2, -0.15) is 13.2 Å². The Bertz CT molecular complexity index is 785. The summed E-state index contributed by atoms with van der Waals surface area (Å²) in [6, 6.07) is 9.78. The molecule has 2 aromatic rings. The molecule has 0 aliphatic rings. The normalized spacial score (nSPS) is 11.4.